The Kier molecular flexibility index (Phi) is 7.21. The zero-order valence-electron chi connectivity index (χ0n) is 18.1. The van der Waals surface area contributed by atoms with Gasteiger partial charge in [0, 0.05) is 12.1 Å². The van der Waals surface area contributed by atoms with E-state index in [1.54, 1.807) is 24.3 Å². The summed E-state index contributed by atoms with van der Waals surface area (Å²) in [6.07, 6.45) is 6.02. The first-order valence-corrected chi connectivity index (χ1v) is 11.9. The quantitative estimate of drug-likeness (QED) is 0.428. The van der Waals surface area contributed by atoms with Crippen LogP contribution in [-0.4, -0.2) is 32.7 Å². The number of aromatic amines is 1. The number of carbonyl (C=O) groups excluding carboxylic acids is 2. The van der Waals surface area contributed by atoms with E-state index >= 15 is 0 Å². The van der Waals surface area contributed by atoms with Crippen molar-refractivity contribution in [3.63, 3.8) is 0 Å². The smallest absolute Gasteiger partial charge is 0.257 e. The molecule has 0 radical (unpaired) electrons. The van der Waals surface area contributed by atoms with Gasteiger partial charge in [-0.25, -0.2) is 4.98 Å². The lowest BCUT2D eigenvalue weighted by atomic mass is 10.0. The number of benzene rings is 2. The minimum absolute atomic E-state index is 0.161. The molecular formula is C24H27N5O2S. The van der Waals surface area contributed by atoms with Crippen molar-refractivity contribution in [2.75, 3.05) is 16.4 Å². The molecule has 0 saturated heterocycles. The second-order valence-electron chi connectivity index (χ2n) is 8.13. The lowest BCUT2D eigenvalue weighted by Gasteiger charge is -2.11. The monoisotopic (exact) mass is 449 g/mol. The number of anilines is 2. The molecule has 0 aliphatic heterocycles. The maximum Gasteiger partial charge on any atom is 0.257 e. The van der Waals surface area contributed by atoms with E-state index in [9.17, 15) is 9.59 Å². The summed E-state index contributed by atoms with van der Waals surface area (Å²) in [5, 5.41) is 13.5. The van der Waals surface area contributed by atoms with Crippen molar-refractivity contribution >= 4 is 35.0 Å². The van der Waals surface area contributed by atoms with E-state index in [4.69, 9.17) is 0 Å². The number of amides is 2. The molecule has 0 atom stereocenters. The molecule has 2 amide bonds. The van der Waals surface area contributed by atoms with Gasteiger partial charge < -0.3 is 10.6 Å². The molecule has 1 fully saturated rings. The van der Waals surface area contributed by atoms with Gasteiger partial charge in [-0.15, -0.1) is 5.10 Å². The number of H-pyrrole nitrogens is 1. The molecule has 1 aliphatic rings. The summed E-state index contributed by atoms with van der Waals surface area (Å²) >= 11 is 1.28. The third-order valence-electron chi connectivity index (χ3n) is 5.52. The average molecular weight is 450 g/mol. The van der Waals surface area contributed by atoms with E-state index in [1.165, 1.54) is 37.4 Å². The van der Waals surface area contributed by atoms with Crippen molar-refractivity contribution in [3.8, 4) is 0 Å². The van der Waals surface area contributed by atoms with Crippen LogP contribution in [0.15, 0.2) is 53.7 Å². The van der Waals surface area contributed by atoms with Crippen molar-refractivity contribution in [1.29, 1.82) is 0 Å². The van der Waals surface area contributed by atoms with Crippen molar-refractivity contribution in [1.82, 2.24) is 15.2 Å². The molecule has 3 aromatic rings. The molecule has 166 valence electrons. The molecule has 1 saturated carbocycles. The van der Waals surface area contributed by atoms with Gasteiger partial charge in [0.1, 0.15) is 5.82 Å². The summed E-state index contributed by atoms with van der Waals surface area (Å²) in [5.74, 6) is 1.25. The molecule has 0 spiro atoms. The molecule has 3 N–H and O–H groups in total. The zero-order chi connectivity index (χ0) is 22.3. The Balaban J connectivity index is 1.32. The number of hydrogen-bond donors (Lipinski definition) is 3. The Labute approximate surface area is 191 Å². The third kappa shape index (κ3) is 5.97. The number of aryl methyl sites for hydroxylation is 1. The normalized spacial score (nSPS) is 13.8. The van der Waals surface area contributed by atoms with E-state index in [0.717, 1.165) is 17.8 Å². The van der Waals surface area contributed by atoms with Gasteiger partial charge in [-0.05, 0) is 42.7 Å². The van der Waals surface area contributed by atoms with Gasteiger partial charge in [-0.2, -0.15) is 0 Å². The Morgan fingerprint density at radius 2 is 1.91 bits per heavy atom. The number of rotatable bonds is 8. The van der Waals surface area contributed by atoms with Crippen LogP contribution in [0.25, 0.3) is 0 Å². The van der Waals surface area contributed by atoms with E-state index in [2.05, 4.69) is 25.8 Å². The lowest BCUT2D eigenvalue weighted by molar-refractivity contribution is -0.113. The summed E-state index contributed by atoms with van der Waals surface area (Å²) in [5.41, 5.74) is 2.65. The van der Waals surface area contributed by atoms with E-state index in [0.29, 0.717) is 28.0 Å². The number of nitrogens with zero attached hydrogens (tertiary/aromatic N) is 2. The predicted molar refractivity (Wildman–Crippen MR) is 127 cm³/mol. The minimum Gasteiger partial charge on any atom is -0.325 e. The molecular weight excluding hydrogens is 422 g/mol. The number of nitrogens with one attached hydrogen (secondary N) is 3. The first-order valence-electron chi connectivity index (χ1n) is 10.9. The summed E-state index contributed by atoms with van der Waals surface area (Å²) in [7, 11) is 0. The highest BCUT2D eigenvalue weighted by atomic mass is 32.2. The van der Waals surface area contributed by atoms with Gasteiger partial charge >= 0.3 is 0 Å². The number of aromatic nitrogens is 3. The van der Waals surface area contributed by atoms with Crippen LogP contribution in [0.1, 0.15) is 47.4 Å². The summed E-state index contributed by atoms with van der Waals surface area (Å²) < 4.78 is 0. The predicted octanol–water partition coefficient (Wildman–Crippen LogP) is 4.83. The fourth-order valence-electron chi connectivity index (χ4n) is 3.95. The molecule has 2 aromatic carbocycles. The summed E-state index contributed by atoms with van der Waals surface area (Å²) in [6, 6.07) is 14.6. The number of para-hydroxylation sites is 1. The van der Waals surface area contributed by atoms with Crippen molar-refractivity contribution in [2.24, 2.45) is 5.92 Å². The van der Waals surface area contributed by atoms with Crippen LogP contribution in [0.4, 0.5) is 11.4 Å². The topological polar surface area (TPSA) is 99.8 Å². The van der Waals surface area contributed by atoms with E-state index < -0.39 is 0 Å². The molecule has 8 heteroatoms. The highest BCUT2D eigenvalue weighted by Crippen LogP contribution is 2.27. The molecule has 7 nitrogen and oxygen atoms in total. The van der Waals surface area contributed by atoms with Gasteiger partial charge in [0.15, 0.2) is 0 Å². The average Bonchev–Trinajstić information content (AvgIpc) is 3.45. The molecule has 1 aromatic heterocycles. The first-order chi connectivity index (χ1) is 15.6. The Hall–Kier alpha value is -3.13. The van der Waals surface area contributed by atoms with Gasteiger partial charge in [0.05, 0.1) is 17.0 Å². The fraction of sp³-hybridized carbons (Fsp3) is 0.333. The Morgan fingerprint density at radius 3 is 2.72 bits per heavy atom. The standard InChI is InChI=1S/C24H27N5O2S/c1-16-7-6-10-18(13-16)25-23(31)19-11-4-5-12-20(19)26-22(30)15-32-24-27-21(28-29-24)14-17-8-2-3-9-17/h4-7,10-13,17H,2-3,8-9,14-15H2,1H3,(H,25,31)(H,26,30)(H,27,28,29). The first kappa shape index (κ1) is 22.1. The minimum atomic E-state index is -0.273. The summed E-state index contributed by atoms with van der Waals surface area (Å²) in [4.78, 5) is 29.8. The third-order valence-corrected chi connectivity index (χ3v) is 6.37. The maximum atomic E-state index is 12.8. The van der Waals surface area contributed by atoms with Crippen LogP contribution in [0.3, 0.4) is 0 Å². The van der Waals surface area contributed by atoms with Crippen LogP contribution >= 0.6 is 11.8 Å². The molecule has 0 bridgehead atoms. The van der Waals surface area contributed by atoms with Crippen LogP contribution in [0.2, 0.25) is 0 Å². The van der Waals surface area contributed by atoms with Crippen LogP contribution in [-0.2, 0) is 11.2 Å². The summed E-state index contributed by atoms with van der Waals surface area (Å²) in [6.45, 7) is 1.97. The van der Waals surface area contributed by atoms with Gasteiger partial charge in [-0.1, -0.05) is 61.7 Å². The number of carbonyl (C=O) groups is 2. The van der Waals surface area contributed by atoms with Gasteiger partial charge in [0.25, 0.3) is 5.91 Å². The highest BCUT2D eigenvalue weighted by molar-refractivity contribution is 7.99. The van der Waals surface area contributed by atoms with Gasteiger partial charge in [-0.3, -0.25) is 14.7 Å². The molecule has 32 heavy (non-hydrogen) atoms. The molecule has 0 unspecified atom stereocenters. The largest absolute Gasteiger partial charge is 0.325 e. The molecule has 1 heterocycles. The Morgan fingerprint density at radius 1 is 1.09 bits per heavy atom. The van der Waals surface area contributed by atoms with E-state index in [-0.39, 0.29) is 17.6 Å². The lowest BCUT2D eigenvalue weighted by Crippen LogP contribution is -2.19. The number of thioether (sulfide) groups is 1. The second-order valence-corrected chi connectivity index (χ2v) is 9.07. The molecule has 1 aliphatic carbocycles. The van der Waals surface area contributed by atoms with Crippen molar-refractivity contribution in [2.45, 2.75) is 44.2 Å². The Bertz CT molecular complexity index is 1090. The van der Waals surface area contributed by atoms with Crippen molar-refractivity contribution < 1.29 is 9.59 Å². The van der Waals surface area contributed by atoms with E-state index in [1.807, 2.05) is 31.2 Å². The van der Waals surface area contributed by atoms with Gasteiger partial charge in [0.2, 0.25) is 11.1 Å². The second kappa shape index (κ2) is 10.5. The fourth-order valence-corrected chi connectivity index (χ4v) is 4.57. The van der Waals surface area contributed by atoms with Crippen LogP contribution in [0, 0.1) is 12.8 Å². The van der Waals surface area contributed by atoms with Crippen LogP contribution in [0.5, 0.6) is 0 Å². The molecule has 4 rings (SSSR count). The highest BCUT2D eigenvalue weighted by Gasteiger charge is 2.18. The van der Waals surface area contributed by atoms with Crippen molar-refractivity contribution in [3.05, 3.63) is 65.5 Å². The zero-order valence-corrected chi connectivity index (χ0v) is 18.9. The number of hydrogen-bond acceptors (Lipinski definition) is 5. The SMILES string of the molecule is Cc1cccc(NC(=O)c2ccccc2NC(=O)CSc2n[nH]c(CC3CCCC3)n2)c1. The maximum absolute atomic E-state index is 12.8. The van der Waals surface area contributed by atoms with Crippen LogP contribution < -0.4 is 10.6 Å².